The number of rotatable bonds is 14. The molecule has 174 valence electrons. The van der Waals surface area contributed by atoms with Gasteiger partial charge in [0.15, 0.2) is 0 Å². The minimum Gasteiger partial charge on any atom is -0.480 e. The second kappa shape index (κ2) is 13.7. The molecule has 0 saturated carbocycles. The summed E-state index contributed by atoms with van der Waals surface area (Å²) in [7, 11) is 0. The molecule has 31 heavy (non-hydrogen) atoms. The summed E-state index contributed by atoms with van der Waals surface area (Å²) in [4.78, 5) is 55.0. The molecule has 0 radical (unpaired) electrons. The fourth-order valence-corrected chi connectivity index (χ4v) is 3.20. The lowest BCUT2D eigenvalue weighted by Crippen LogP contribution is -2.54. The number of carboxylic acid groups (broad SMARTS) is 1. The van der Waals surface area contributed by atoms with Gasteiger partial charge < -0.3 is 31.8 Å². The minimum absolute atomic E-state index is 0.0228. The number of nitrogens with zero attached hydrogens (tertiary/aromatic N) is 1. The Balaban J connectivity index is 2.61. The second-order valence-electron chi connectivity index (χ2n) is 7.54. The van der Waals surface area contributed by atoms with Gasteiger partial charge >= 0.3 is 5.97 Å². The van der Waals surface area contributed by atoms with E-state index in [9.17, 15) is 24.3 Å². The smallest absolute Gasteiger partial charge is 0.326 e. The SMILES string of the molecule is CSCCC(N)C(=O)NC(CC(C)C)C(=O)NCC(=O)NC(Cc1cnc[nH]1)C(=O)O. The summed E-state index contributed by atoms with van der Waals surface area (Å²) in [5.74, 6) is -2.00. The summed E-state index contributed by atoms with van der Waals surface area (Å²) in [6, 6.07) is -2.75. The molecular formula is C19H32N6O5S. The summed E-state index contributed by atoms with van der Waals surface area (Å²) in [5.41, 5.74) is 6.41. The molecule has 0 spiro atoms. The van der Waals surface area contributed by atoms with Gasteiger partial charge in [-0.15, -0.1) is 0 Å². The van der Waals surface area contributed by atoms with E-state index < -0.39 is 48.4 Å². The number of thioether (sulfide) groups is 1. The first-order chi connectivity index (χ1) is 14.6. The molecule has 1 heterocycles. The van der Waals surface area contributed by atoms with E-state index in [1.165, 1.54) is 12.5 Å². The van der Waals surface area contributed by atoms with E-state index in [0.29, 0.717) is 18.5 Å². The summed E-state index contributed by atoms with van der Waals surface area (Å²) >= 11 is 1.57. The molecule has 3 unspecified atom stereocenters. The number of carbonyl (C=O) groups excluding carboxylic acids is 3. The van der Waals surface area contributed by atoms with Gasteiger partial charge in [-0.2, -0.15) is 11.8 Å². The van der Waals surface area contributed by atoms with Crippen LogP contribution in [0, 0.1) is 5.92 Å². The molecule has 0 aliphatic heterocycles. The molecule has 0 saturated heterocycles. The molecule has 1 rings (SSSR count). The highest BCUT2D eigenvalue weighted by Gasteiger charge is 2.26. The van der Waals surface area contributed by atoms with Gasteiger partial charge in [0.05, 0.1) is 18.9 Å². The molecule has 0 aliphatic rings. The summed E-state index contributed by atoms with van der Waals surface area (Å²) < 4.78 is 0. The quantitative estimate of drug-likeness (QED) is 0.211. The predicted octanol–water partition coefficient (Wildman–Crippen LogP) is -0.751. The number of H-pyrrole nitrogens is 1. The second-order valence-corrected chi connectivity index (χ2v) is 8.52. The Morgan fingerprint density at radius 1 is 1.19 bits per heavy atom. The highest BCUT2D eigenvalue weighted by atomic mass is 32.2. The Hall–Kier alpha value is -2.60. The molecule has 11 nitrogen and oxygen atoms in total. The van der Waals surface area contributed by atoms with E-state index in [1.54, 1.807) is 11.8 Å². The summed E-state index contributed by atoms with van der Waals surface area (Å²) in [6.45, 7) is 3.38. The van der Waals surface area contributed by atoms with Gasteiger partial charge in [-0.25, -0.2) is 9.78 Å². The average Bonchev–Trinajstić information content (AvgIpc) is 3.21. The molecule has 0 fully saturated rings. The van der Waals surface area contributed by atoms with Crippen LogP contribution >= 0.6 is 11.8 Å². The van der Waals surface area contributed by atoms with Crippen LogP contribution in [-0.4, -0.2) is 75.4 Å². The van der Waals surface area contributed by atoms with Crippen LogP contribution in [0.5, 0.6) is 0 Å². The summed E-state index contributed by atoms with van der Waals surface area (Å²) in [6.07, 6.45) is 5.66. The maximum Gasteiger partial charge on any atom is 0.326 e. The fourth-order valence-electron chi connectivity index (χ4n) is 2.71. The number of amides is 3. The van der Waals surface area contributed by atoms with Crippen LogP contribution in [0.25, 0.3) is 0 Å². The van der Waals surface area contributed by atoms with Gasteiger partial charge in [0.2, 0.25) is 17.7 Å². The topological polar surface area (TPSA) is 179 Å². The van der Waals surface area contributed by atoms with Crippen molar-refractivity contribution in [1.29, 1.82) is 0 Å². The number of nitrogens with one attached hydrogen (secondary N) is 4. The molecule has 0 aliphatic carbocycles. The number of nitrogens with two attached hydrogens (primary N) is 1. The lowest BCUT2D eigenvalue weighted by Gasteiger charge is -2.22. The molecule has 0 aromatic carbocycles. The van der Waals surface area contributed by atoms with E-state index in [1.807, 2.05) is 20.1 Å². The van der Waals surface area contributed by atoms with Crippen molar-refractivity contribution >= 4 is 35.5 Å². The molecule has 1 aromatic rings. The predicted molar refractivity (Wildman–Crippen MR) is 117 cm³/mol. The van der Waals surface area contributed by atoms with Crippen molar-refractivity contribution in [3.8, 4) is 0 Å². The van der Waals surface area contributed by atoms with Crippen LogP contribution in [0.1, 0.15) is 32.4 Å². The van der Waals surface area contributed by atoms with Gasteiger partial charge in [-0.1, -0.05) is 13.8 Å². The van der Waals surface area contributed by atoms with Crippen molar-refractivity contribution in [2.75, 3.05) is 18.6 Å². The third kappa shape index (κ3) is 10.3. The zero-order valence-corrected chi connectivity index (χ0v) is 18.8. The molecular weight excluding hydrogens is 424 g/mol. The molecule has 1 aromatic heterocycles. The van der Waals surface area contributed by atoms with E-state index in [-0.39, 0.29) is 12.3 Å². The highest BCUT2D eigenvalue weighted by molar-refractivity contribution is 7.98. The van der Waals surface area contributed by atoms with E-state index in [2.05, 4.69) is 25.9 Å². The average molecular weight is 457 g/mol. The van der Waals surface area contributed by atoms with Crippen LogP contribution in [0.4, 0.5) is 0 Å². The monoisotopic (exact) mass is 456 g/mol. The van der Waals surface area contributed by atoms with Crippen molar-refractivity contribution in [1.82, 2.24) is 25.9 Å². The van der Waals surface area contributed by atoms with Crippen molar-refractivity contribution in [3.05, 3.63) is 18.2 Å². The molecule has 7 N–H and O–H groups in total. The standard InChI is InChI=1S/C19H32N6O5S/c1-11(2)6-14(25-17(27)13(20)4-5-31-3)18(28)22-9-16(26)24-15(19(29)30)7-12-8-21-10-23-12/h8,10-11,13-15H,4-7,9,20H2,1-3H3,(H,21,23)(H,22,28)(H,24,26)(H,25,27)(H,29,30). The number of hydrogen-bond donors (Lipinski definition) is 6. The van der Waals surface area contributed by atoms with E-state index >= 15 is 0 Å². The van der Waals surface area contributed by atoms with Crippen molar-refractivity contribution in [3.63, 3.8) is 0 Å². The number of hydrogen-bond acceptors (Lipinski definition) is 7. The van der Waals surface area contributed by atoms with Crippen LogP contribution in [0.3, 0.4) is 0 Å². The van der Waals surface area contributed by atoms with Crippen molar-refractivity contribution in [2.45, 2.75) is 51.2 Å². The van der Waals surface area contributed by atoms with Crippen LogP contribution in [0.15, 0.2) is 12.5 Å². The van der Waals surface area contributed by atoms with Crippen LogP contribution in [-0.2, 0) is 25.6 Å². The van der Waals surface area contributed by atoms with Crippen molar-refractivity contribution in [2.24, 2.45) is 11.7 Å². The lowest BCUT2D eigenvalue weighted by molar-refractivity contribution is -0.141. The maximum atomic E-state index is 12.6. The van der Waals surface area contributed by atoms with Gasteiger partial charge in [-0.05, 0) is 30.8 Å². The Bertz CT molecular complexity index is 727. The van der Waals surface area contributed by atoms with E-state index in [0.717, 1.165) is 5.75 Å². The normalized spacial score (nSPS) is 13.8. The molecule has 0 bridgehead atoms. The maximum absolute atomic E-state index is 12.6. The Labute approximate surface area is 185 Å². The molecule has 12 heteroatoms. The zero-order chi connectivity index (χ0) is 23.4. The first-order valence-corrected chi connectivity index (χ1v) is 11.3. The number of imidazole rings is 1. The first-order valence-electron chi connectivity index (χ1n) is 9.96. The van der Waals surface area contributed by atoms with Crippen LogP contribution in [0.2, 0.25) is 0 Å². The molecule has 3 atom stereocenters. The number of aromatic nitrogens is 2. The molecule has 3 amide bonds. The minimum atomic E-state index is -1.21. The highest BCUT2D eigenvalue weighted by Crippen LogP contribution is 2.06. The first kappa shape index (κ1) is 26.4. The summed E-state index contributed by atoms with van der Waals surface area (Å²) in [5, 5.41) is 16.8. The van der Waals surface area contributed by atoms with Gasteiger partial charge in [0, 0.05) is 18.3 Å². The zero-order valence-electron chi connectivity index (χ0n) is 18.0. The van der Waals surface area contributed by atoms with Crippen LogP contribution < -0.4 is 21.7 Å². The Kier molecular flexibility index (Phi) is 11.6. The van der Waals surface area contributed by atoms with E-state index in [4.69, 9.17) is 5.73 Å². The number of aliphatic carboxylic acids is 1. The third-order valence-corrected chi connectivity index (χ3v) is 4.99. The Morgan fingerprint density at radius 2 is 1.90 bits per heavy atom. The van der Waals surface area contributed by atoms with Gasteiger partial charge in [0.1, 0.15) is 12.1 Å². The lowest BCUT2D eigenvalue weighted by atomic mass is 10.0. The number of aromatic amines is 1. The van der Waals surface area contributed by atoms with Crippen molar-refractivity contribution < 1.29 is 24.3 Å². The Morgan fingerprint density at radius 3 is 2.45 bits per heavy atom. The number of carboxylic acids is 1. The number of carbonyl (C=O) groups is 4. The van der Waals surface area contributed by atoms with Gasteiger partial charge in [0.25, 0.3) is 0 Å². The van der Waals surface area contributed by atoms with Gasteiger partial charge in [-0.3, -0.25) is 14.4 Å². The third-order valence-electron chi connectivity index (χ3n) is 4.35. The fraction of sp³-hybridized carbons (Fsp3) is 0.632. The largest absolute Gasteiger partial charge is 0.480 e.